The Labute approximate surface area is 131 Å². The van der Waals surface area contributed by atoms with E-state index in [9.17, 15) is 0 Å². The second-order valence-electron chi connectivity index (χ2n) is 4.89. The van der Waals surface area contributed by atoms with Gasteiger partial charge in [0, 0.05) is 5.39 Å². The number of hydrogen-bond acceptors (Lipinski definition) is 4. The molecule has 0 fully saturated rings. The third-order valence-electron chi connectivity index (χ3n) is 3.41. The van der Waals surface area contributed by atoms with Crippen molar-refractivity contribution in [2.45, 2.75) is 6.61 Å². The summed E-state index contributed by atoms with van der Waals surface area (Å²) in [7, 11) is 0. The maximum Gasteiger partial charge on any atom is 0.236 e. The maximum absolute atomic E-state index is 5.92. The van der Waals surface area contributed by atoms with E-state index < -0.39 is 0 Å². The van der Waals surface area contributed by atoms with Crippen molar-refractivity contribution >= 4 is 22.1 Å². The molecule has 0 atom stereocenters. The smallest absolute Gasteiger partial charge is 0.236 e. The number of nitrogens with zero attached hydrogens (tertiary/aromatic N) is 1. The Morgan fingerprint density at radius 1 is 1.00 bits per heavy atom. The Bertz CT molecular complexity index is 891. The van der Waals surface area contributed by atoms with E-state index in [2.05, 4.69) is 23.2 Å². The molecule has 0 aliphatic carbocycles. The Hall–Kier alpha value is -2.59. The van der Waals surface area contributed by atoms with Crippen molar-refractivity contribution in [3.8, 4) is 16.5 Å². The van der Waals surface area contributed by atoms with E-state index in [1.807, 2.05) is 41.8 Å². The fraction of sp³-hybridized carbons (Fsp3) is 0.0556. The van der Waals surface area contributed by atoms with Crippen LogP contribution in [-0.2, 0) is 6.61 Å². The predicted molar refractivity (Wildman–Crippen MR) is 88.1 cm³/mol. The molecule has 0 saturated heterocycles. The number of ether oxygens (including phenoxy) is 1. The fourth-order valence-corrected chi connectivity index (χ4v) is 3.02. The molecular weight excluding hydrogens is 294 g/mol. The first-order valence-electron chi connectivity index (χ1n) is 6.99. The minimum atomic E-state index is 0.392. The Kier molecular flexibility index (Phi) is 3.37. The lowest BCUT2D eigenvalue weighted by Crippen LogP contribution is -1.96. The summed E-state index contributed by atoms with van der Waals surface area (Å²) in [6.07, 6.45) is 1.65. The van der Waals surface area contributed by atoms with Crippen LogP contribution in [0.3, 0.4) is 0 Å². The number of hydrogen-bond donors (Lipinski definition) is 0. The van der Waals surface area contributed by atoms with Gasteiger partial charge in [-0.15, -0.1) is 11.3 Å². The molecule has 0 spiro atoms. The van der Waals surface area contributed by atoms with Crippen LogP contribution in [0.15, 0.2) is 70.7 Å². The number of benzene rings is 2. The normalized spacial score (nSPS) is 10.9. The van der Waals surface area contributed by atoms with Crippen molar-refractivity contribution in [2.75, 3.05) is 0 Å². The molecule has 0 aliphatic heterocycles. The first kappa shape index (κ1) is 13.1. The molecule has 2 aromatic heterocycles. The number of oxazole rings is 1. The van der Waals surface area contributed by atoms with Crippen molar-refractivity contribution in [2.24, 2.45) is 0 Å². The highest BCUT2D eigenvalue weighted by molar-refractivity contribution is 7.13. The van der Waals surface area contributed by atoms with E-state index >= 15 is 0 Å². The van der Waals surface area contributed by atoms with E-state index in [0.29, 0.717) is 12.5 Å². The molecule has 2 aromatic carbocycles. The van der Waals surface area contributed by atoms with E-state index in [0.717, 1.165) is 21.7 Å². The molecular formula is C18H13NO2S. The first-order chi connectivity index (χ1) is 10.9. The maximum atomic E-state index is 5.92. The van der Waals surface area contributed by atoms with Crippen LogP contribution in [0.25, 0.3) is 21.5 Å². The second-order valence-corrected chi connectivity index (χ2v) is 5.83. The monoisotopic (exact) mass is 307 g/mol. The third-order valence-corrected chi connectivity index (χ3v) is 4.27. The van der Waals surface area contributed by atoms with Crippen LogP contribution < -0.4 is 4.74 Å². The molecule has 108 valence electrons. The van der Waals surface area contributed by atoms with Gasteiger partial charge in [-0.2, -0.15) is 0 Å². The lowest BCUT2D eigenvalue weighted by atomic mass is 10.1. The topological polar surface area (TPSA) is 35.3 Å². The Balaban J connectivity index is 1.55. The van der Waals surface area contributed by atoms with Crippen molar-refractivity contribution in [3.05, 3.63) is 71.9 Å². The van der Waals surface area contributed by atoms with Crippen molar-refractivity contribution in [1.29, 1.82) is 0 Å². The number of rotatable bonds is 4. The van der Waals surface area contributed by atoms with Gasteiger partial charge in [0.2, 0.25) is 5.89 Å². The summed E-state index contributed by atoms with van der Waals surface area (Å²) in [5, 5.41) is 4.28. The van der Waals surface area contributed by atoms with Gasteiger partial charge in [-0.3, -0.25) is 0 Å². The highest BCUT2D eigenvalue weighted by Gasteiger charge is 2.08. The van der Waals surface area contributed by atoms with Gasteiger partial charge >= 0.3 is 0 Å². The van der Waals surface area contributed by atoms with E-state index in [1.165, 1.54) is 5.39 Å². The van der Waals surface area contributed by atoms with Gasteiger partial charge in [-0.25, -0.2) is 4.98 Å². The van der Waals surface area contributed by atoms with E-state index in [-0.39, 0.29) is 0 Å². The van der Waals surface area contributed by atoms with Gasteiger partial charge < -0.3 is 9.15 Å². The van der Waals surface area contributed by atoms with Crippen LogP contribution in [0.5, 0.6) is 5.75 Å². The summed E-state index contributed by atoms with van der Waals surface area (Å²) in [4.78, 5) is 5.49. The Morgan fingerprint density at radius 3 is 2.82 bits per heavy atom. The second kappa shape index (κ2) is 5.66. The molecule has 0 unspecified atom stereocenters. The quantitative estimate of drug-likeness (QED) is 0.524. The zero-order valence-electron chi connectivity index (χ0n) is 11.7. The number of thiophene rings is 1. The summed E-state index contributed by atoms with van der Waals surface area (Å²) in [5.74, 6) is 1.50. The molecule has 0 N–H and O–H groups in total. The molecule has 3 nitrogen and oxygen atoms in total. The average Bonchev–Trinajstić information content (AvgIpc) is 3.24. The molecule has 0 radical (unpaired) electrons. The third kappa shape index (κ3) is 2.49. The van der Waals surface area contributed by atoms with Gasteiger partial charge in [-0.05, 0) is 22.9 Å². The van der Waals surface area contributed by atoms with Crippen LogP contribution in [-0.4, -0.2) is 4.98 Å². The molecule has 2 heterocycles. The van der Waals surface area contributed by atoms with Crippen molar-refractivity contribution in [3.63, 3.8) is 0 Å². The first-order valence-corrected chi connectivity index (χ1v) is 7.87. The molecule has 0 bridgehead atoms. The predicted octanol–water partition coefficient (Wildman–Crippen LogP) is 5.14. The molecule has 4 rings (SSSR count). The largest absolute Gasteiger partial charge is 0.487 e. The minimum Gasteiger partial charge on any atom is -0.487 e. The van der Waals surface area contributed by atoms with Gasteiger partial charge in [0.1, 0.15) is 24.3 Å². The summed E-state index contributed by atoms with van der Waals surface area (Å²) < 4.78 is 11.4. The lowest BCUT2D eigenvalue weighted by molar-refractivity contribution is 0.304. The highest BCUT2D eigenvalue weighted by Crippen LogP contribution is 2.27. The summed E-state index contributed by atoms with van der Waals surface area (Å²) in [5.41, 5.74) is 0.788. The number of fused-ring (bicyclic) bond motifs is 1. The van der Waals surface area contributed by atoms with Gasteiger partial charge in [0.25, 0.3) is 0 Å². The average molecular weight is 307 g/mol. The summed E-state index contributed by atoms with van der Waals surface area (Å²) in [6.45, 7) is 0.392. The Morgan fingerprint density at radius 2 is 1.91 bits per heavy atom. The van der Waals surface area contributed by atoms with Crippen LogP contribution >= 0.6 is 11.3 Å². The number of aromatic nitrogens is 1. The standard InChI is InChI=1S/C18H13NO2S/c1-2-7-15-13(5-1)6-3-8-16(15)20-11-14-12-21-18(19-14)17-9-4-10-22-17/h1-10,12H,11H2. The highest BCUT2D eigenvalue weighted by atomic mass is 32.1. The minimum absolute atomic E-state index is 0.392. The summed E-state index contributed by atoms with van der Waals surface area (Å²) >= 11 is 1.61. The molecule has 0 saturated carbocycles. The molecule has 0 aliphatic rings. The van der Waals surface area contributed by atoms with Crippen LogP contribution in [0.2, 0.25) is 0 Å². The summed E-state index contributed by atoms with van der Waals surface area (Å²) in [6, 6.07) is 18.2. The van der Waals surface area contributed by atoms with Gasteiger partial charge in [0.15, 0.2) is 0 Å². The molecule has 22 heavy (non-hydrogen) atoms. The van der Waals surface area contributed by atoms with Gasteiger partial charge in [-0.1, -0.05) is 42.5 Å². The van der Waals surface area contributed by atoms with E-state index in [4.69, 9.17) is 9.15 Å². The fourth-order valence-electron chi connectivity index (χ4n) is 2.36. The van der Waals surface area contributed by atoms with Gasteiger partial charge in [0.05, 0.1) is 4.88 Å². The zero-order valence-corrected chi connectivity index (χ0v) is 12.5. The van der Waals surface area contributed by atoms with Crippen molar-refractivity contribution < 1.29 is 9.15 Å². The molecule has 4 heteroatoms. The molecule has 0 amide bonds. The van der Waals surface area contributed by atoms with Crippen LogP contribution in [0, 0.1) is 0 Å². The van der Waals surface area contributed by atoms with E-state index in [1.54, 1.807) is 17.6 Å². The van der Waals surface area contributed by atoms with Crippen LogP contribution in [0.4, 0.5) is 0 Å². The van der Waals surface area contributed by atoms with Crippen molar-refractivity contribution in [1.82, 2.24) is 4.98 Å². The lowest BCUT2D eigenvalue weighted by Gasteiger charge is -2.07. The SMILES string of the molecule is c1csc(-c2nc(COc3cccc4ccccc34)co2)c1. The molecule has 4 aromatic rings. The van der Waals surface area contributed by atoms with Crippen LogP contribution in [0.1, 0.15) is 5.69 Å². The zero-order chi connectivity index (χ0) is 14.8.